The summed E-state index contributed by atoms with van der Waals surface area (Å²) in [4.78, 5) is 35.7. The van der Waals surface area contributed by atoms with Crippen LogP contribution in [-0.4, -0.2) is 55.1 Å². The van der Waals surface area contributed by atoms with Gasteiger partial charge < -0.3 is 28.4 Å². The van der Waals surface area contributed by atoms with Crippen LogP contribution in [0.2, 0.25) is 0 Å². The summed E-state index contributed by atoms with van der Waals surface area (Å²) in [7, 11) is 0. The van der Waals surface area contributed by atoms with Crippen LogP contribution in [0.25, 0.3) is 0 Å². The topological polar surface area (TPSA) is 107 Å². The van der Waals surface area contributed by atoms with E-state index in [1.165, 1.54) is 0 Å². The largest absolute Gasteiger partial charge is 0.509 e. The molecule has 0 aromatic rings. The second-order valence-corrected chi connectivity index (χ2v) is 7.08. The van der Waals surface area contributed by atoms with Crippen LogP contribution in [0.3, 0.4) is 0 Å². The fourth-order valence-electron chi connectivity index (χ4n) is 2.51. The van der Waals surface area contributed by atoms with Crippen LogP contribution in [0.5, 0.6) is 0 Å². The van der Waals surface area contributed by atoms with Crippen molar-refractivity contribution in [2.24, 2.45) is 0 Å². The van der Waals surface area contributed by atoms with Gasteiger partial charge in [-0.1, -0.05) is 0 Å². The van der Waals surface area contributed by atoms with Gasteiger partial charge in [-0.3, -0.25) is 0 Å². The van der Waals surface area contributed by atoms with Gasteiger partial charge in [0.25, 0.3) is 0 Å². The molecule has 9 nitrogen and oxygen atoms in total. The molecule has 9 heteroatoms. The number of hydrogen-bond acceptors (Lipinski definition) is 9. The zero-order valence-corrected chi connectivity index (χ0v) is 16.8. The number of carbonyl (C=O) groups is 3. The first-order valence-corrected chi connectivity index (χ1v) is 9.20. The van der Waals surface area contributed by atoms with Crippen molar-refractivity contribution in [2.75, 3.05) is 0 Å². The van der Waals surface area contributed by atoms with Crippen LogP contribution in [0.15, 0.2) is 0 Å². The zero-order valence-electron chi connectivity index (χ0n) is 16.8. The summed E-state index contributed by atoms with van der Waals surface area (Å²) in [6.45, 7) is 10.1. The SMILES string of the molecule is CC(C)OC(=O)OC1CCCC(OC(=O)OC(C)C)C1OC(=O)OC(C)C. The Balaban J connectivity index is 2.86. The van der Waals surface area contributed by atoms with E-state index in [1.807, 2.05) is 0 Å². The highest BCUT2D eigenvalue weighted by atomic mass is 16.8. The molecule has 0 radical (unpaired) electrons. The van der Waals surface area contributed by atoms with Crippen LogP contribution < -0.4 is 0 Å². The van der Waals surface area contributed by atoms with Crippen LogP contribution in [0.1, 0.15) is 60.8 Å². The molecule has 1 saturated carbocycles. The Morgan fingerprint density at radius 1 is 0.630 bits per heavy atom. The van der Waals surface area contributed by atoms with Gasteiger partial charge in [-0.15, -0.1) is 0 Å². The van der Waals surface area contributed by atoms with E-state index in [1.54, 1.807) is 41.5 Å². The van der Waals surface area contributed by atoms with Gasteiger partial charge in [0.05, 0.1) is 18.3 Å². The number of carbonyl (C=O) groups excluding carboxylic acids is 3. The quantitative estimate of drug-likeness (QED) is 0.492. The molecule has 0 aromatic heterocycles. The van der Waals surface area contributed by atoms with Gasteiger partial charge in [0.2, 0.25) is 0 Å². The molecular formula is C18H30O9. The molecule has 0 bridgehead atoms. The minimum atomic E-state index is -1.02. The van der Waals surface area contributed by atoms with Gasteiger partial charge >= 0.3 is 18.5 Å². The number of rotatable bonds is 6. The predicted molar refractivity (Wildman–Crippen MR) is 93.3 cm³/mol. The average molecular weight is 390 g/mol. The lowest BCUT2D eigenvalue weighted by atomic mass is 9.91. The molecule has 1 aliphatic carbocycles. The third-order valence-corrected chi connectivity index (χ3v) is 3.43. The van der Waals surface area contributed by atoms with Crippen molar-refractivity contribution in [3.8, 4) is 0 Å². The Labute approximate surface area is 159 Å². The van der Waals surface area contributed by atoms with E-state index >= 15 is 0 Å². The molecule has 1 rings (SSSR count). The van der Waals surface area contributed by atoms with Crippen molar-refractivity contribution in [1.82, 2.24) is 0 Å². The normalized spacial score (nSPS) is 22.3. The Hall–Kier alpha value is -2.19. The molecule has 0 aliphatic heterocycles. The molecule has 0 aromatic carbocycles. The van der Waals surface area contributed by atoms with Gasteiger partial charge in [0.1, 0.15) is 12.2 Å². The summed E-state index contributed by atoms with van der Waals surface area (Å²) in [5.41, 5.74) is 0. The van der Waals surface area contributed by atoms with Crippen LogP contribution in [0, 0.1) is 0 Å². The summed E-state index contributed by atoms with van der Waals surface area (Å²) in [5.74, 6) is 0. The summed E-state index contributed by atoms with van der Waals surface area (Å²) in [6.07, 6.45) is -5.06. The number of hydrogen-bond donors (Lipinski definition) is 0. The lowest BCUT2D eigenvalue weighted by Gasteiger charge is -2.35. The van der Waals surface area contributed by atoms with E-state index < -0.39 is 42.9 Å². The fraction of sp³-hybridized carbons (Fsp3) is 0.833. The lowest BCUT2D eigenvalue weighted by molar-refractivity contribution is -0.131. The zero-order chi connectivity index (χ0) is 20.6. The molecule has 2 unspecified atom stereocenters. The smallest absolute Gasteiger partial charge is 0.432 e. The second-order valence-electron chi connectivity index (χ2n) is 7.08. The van der Waals surface area contributed by atoms with Crippen molar-refractivity contribution in [2.45, 2.75) is 97.4 Å². The Bertz CT molecular complexity index is 469. The molecule has 2 atom stereocenters. The van der Waals surface area contributed by atoms with Crippen molar-refractivity contribution < 1.29 is 42.8 Å². The second kappa shape index (κ2) is 10.8. The first-order chi connectivity index (χ1) is 12.6. The maximum absolute atomic E-state index is 12.0. The van der Waals surface area contributed by atoms with Crippen molar-refractivity contribution in [1.29, 1.82) is 0 Å². The van der Waals surface area contributed by atoms with E-state index in [0.717, 1.165) is 0 Å². The van der Waals surface area contributed by atoms with Crippen LogP contribution in [0.4, 0.5) is 14.4 Å². The fourth-order valence-corrected chi connectivity index (χ4v) is 2.51. The van der Waals surface area contributed by atoms with Gasteiger partial charge in [0, 0.05) is 0 Å². The van der Waals surface area contributed by atoms with Crippen molar-refractivity contribution in [3.05, 3.63) is 0 Å². The minimum Gasteiger partial charge on any atom is -0.432 e. The molecule has 0 heterocycles. The molecule has 156 valence electrons. The van der Waals surface area contributed by atoms with Gasteiger partial charge in [-0.2, -0.15) is 0 Å². The maximum atomic E-state index is 12.0. The van der Waals surface area contributed by atoms with E-state index in [4.69, 9.17) is 28.4 Å². The predicted octanol–water partition coefficient (Wildman–Crippen LogP) is 3.96. The number of ether oxygens (including phenoxy) is 6. The first-order valence-electron chi connectivity index (χ1n) is 9.20. The third-order valence-electron chi connectivity index (χ3n) is 3.43. The highest BCUT2D eigenvalue weighted by Crippen LogP contribution is 2.28. The molecule has 0 N–H and O–H groups in total. The minimum absolute atomic E-state index is 0.362. The Morgan fingerprint density at radius 2 is 0.963 bits per heavy atom. The molecule has 0 spiro atoms. The van der Waals surface area contributed by atoms with Gasteiger partial charge in [-0.05, 0) is 60.8 Å². The molecule has 0 amide bonds. The Morgan fingerprint density at radius 3 is 1.30 bits per heavy atom. The van der Waals surface area contributed by atoms with E-state index in [9.17, 15) is 14.4 Å². The van der Waals surface area contributed by atoms with Crippen molar-refractivity contribution >= 4 is 18.5 Å². The van der Waals surface area contributed by atoms with E-state index in [-0.39, 0.29) is 12.2 Å². The van der Waals surface area contributed by atoms with E-state index in [0.29, 0.717) is 19.3 Å². The summed E-state index contributed by atoms with van der Waals surface area (Å²) in [5, 5.41) is 0. The maximum Gasteiger partial charge on any atom is 0.509 e. The van der Waals surface area contributed by atoms with Crippen LogP contribution in [-0.2, 0) is 28.4 Å². The lowest BCUT2D eigenvalue weighted by Crippen LogP contribution is -2.49. The average Bonchev–Trinajstić information content (AvgIpc) is 2.47. The Kier molecular flexibility index (Phi) is 9.17. The molecular weight excluding hydrogens is 360 g/mol. The standard InChI is InChI=1S/C18H30O9/c1-10(2)22-16(19)25-13-8-7-9-14(26-17(20)23-11(3)4)15(13)27-18(21)24-12(5)6/h10-15H,7-9H2,1-6H3. The first kappa shape index (κ1) is 22.9. The molecule has 1 aliphatic rings. The summed E-state index contributed by atoms with van der Waals surface area (Å²) in [6, 6.07) is 0. The molecule has 1 fully saturated rings. The van der Waals surface area contributed by atoms with Crippen LogP contribution >= 0.6 is 0 Å². The van der Waals surface area contributed by atoms with Crippen molar-refractivity contribution in [3.63, 3.8) is 0 Å². The monoisotopic (exact) mass is 390 g/mol. The highest BCUT2D eigenvalue weighted by molar-refractivity contribution is 5.62. The summed E-state index contributed by atoms with van der Waals surface area (Å²) < 4.78 is 30.8. The third kappa shape index (κ3) is 8.83. The molecule has 27 heavy (non-hydrogen) atoms. The van der Waals surface area contributed by atoms with Gasteiger partial charge in [0.15, 0.2) is 6.10 Å². The highest BCUT2D eigenvalue weighted by Gasteiger charge is 2.42. The van der Waals surface area contributed by atoms with Gasteiger partial charge in [-0.25, -0.2) is 14.4 Å². The molecule has 0 saturated heterocycles. The van der Waals surface area contributed by atoms with E-state index in [2.05, 4.69) is 0 Å². The summed E-state index contributed by atoms with van der Waals surface area (Å²) >= 11 is 0.